The third-order valence-corrected chi connectivity index (χ3v) is 8.59. The van der Waals surface area contributed by atoms with E-state index in [4.69, 9.17) is 4.74 Å². The van der Waals surface area contributed by atoms with Gasteiger partial charge in [-0.1, -0.05) is 6.92 Å². The van der Waals surface area contributed by atoms with Gasteiger partial charge in [-0.2, -0.15) is 0 Å². The van der Waals surface area contributed by atoms with Crippen molar-refractivity contribution < 1.29 is 9.53 Å². The van der Waals surface area contributed by atoms with Crippen molar-refractivity contribution in [3.05, 3.63) is 0 Å². The maximum absolute atomic E-state index is 13.3. The van der Waals surface area contributed by atoms with Crippen molar-refractivity contribution >= 4 is 5.97 Å². The van der Waals surface area contributed by atoms with E-state index in [2.05, 4.69) is 13.8 Å². The van der Waals surface area contributed by atoms with Crippen LogP contribution in [0.2, 0.25) is 0 Å². The van der Waals surface area contributed by atoms with Crippen molar-refractivity contribution in [3.63, 3.8) is 0 Å². The van der Waals surface area contributed by atoms with E-state index in [0.717, 1.165) is 49.4 Å². The normalized spacial score (nSPS) is 58.3. The van der Waals surface area contributed by atoms with Crippen LogP contribution in [0.15, 0.2) is 0 Å². The fourth-order valence-corrected chi connectivity index (χ4v) is 7.65. The lowest BCUT2D eigenvalue weighted by atomic mass is 9.49. The third-order valence-electron chi connectivity index (χ3n) is 8.59. The van der Waals surface area contributed by atoms with Gasteiger partial charge in [-0.25, -0.2) is 0 Å². The minimum absolute atomic E-state index is 0.0873. The van der Waals surface area contributed by atoms with Crippen LogP contribution < -0.4 is 0 Å². The fourth-order valence-electron chi connectivity index (χ4n) is 7.65. The molecule has 0 amide bonds. The van der Waals surface area contributed by atoms with Gasteiger partial charge in [0.25, 0.3) is 0 Å². The number of esters is 1. The molecule has 6 rings (SSSR count). The smallest absolute Gasteiger partial charge is 0.312 e. The van der Waals surface area contributed by atoms with Crippen LogP contribution in [-0.2, 0) is 9.53 Å². The molecule has 122 valence electrons. The molecule has 6 saturated carbocycles. The highest BCUT2D eigenvalue weighted by molar-refractivity contribution is 5.78. The summed E-state index contributed by atoms with van der Waals surface area (Å²) in [5, 5.41) is 0. The summed E-state index contributed by atoms with van der Waals surface area (Å²) in [4.78, 5) is 13.3. The molecule has 0 aliphatic heterocycles. The first-order chi connectivity index (χ1) is 10.4. The van der Waals surface area contributed by atoms with E-state index in [0.29, 0.717) is 0 Å². The van der Waals surface area contributed by atoms with E-state index < -0.39 is 0 Å². The lowest BCUT2D eigenvalue weighted by molar-refractivity contribution is -0.197. The van der Waals surface area contributed by atoms with Crippen molar-refractivity contribution in [1.29, 1.82) is 0 Å². The SMILES string of the molecule is C[C@@]12CC[C@@H](C1)C[C@@]2(C)OC(=O)C12CC3CC(CC(C3)C1)C2. The maximum atomic E-state index is 13.3. The van der Waals surface area contributed by atoms with Gasteiger partial charge in [-0.3, -0.25) is 4.79 Å². The molecule has 0 aromatic carbocycles. The largest absolute Gasteiger partial charge is 0.458 e. The molecular formula is C20H30O2. The molecule has 0 unspecified atom stereocenters. The summed E-state index contributed by atoms with van der Waals surface area (Å²) in [5.74, 6) is 3.47. The number of fused-ring (bicyclic) bond motifs is 2. The Hall–Kier alpha value is -0.530. The van der Waals surface area contributed by atoms with Gasteiger partial charge in [0.1, 0.15) is 5.60 Å². The van der Waals surface area contributed by atoms with Crippen molar-refractivity contribution in [1.82, 2.24) is 0 Å². The van der Waals surface area contributed by atoms with Crippen LogP contribution >= 0.6 is 0 Å². The summed E-state index contributed by atoms with van der Waals surface area (Å²) in [6, 6.07) is 0. The lowest BCUT2D eigenvalue weighted by Gasteiger charge is -2.56. The summed E-state index contributed by atoms with van der Waals surface area (Å²) >= 11 is 0. The van der Waals surface area contributed by atoms with Gasteiger partial charge in [0.05, 0.1) is 5.41 Å². The van der Waals surface area contributed by atoms with Crippen LogP contribution in [0.3, 0.4) is 0 Å². The van der Waals surface area contributed by atoms with E-state index in [1.807, 2.05) is 0 Å². The summed E-state index contributed by atoms with van der Waals surface area (Å²) in [6.07, 6.45) is 12.6. The summed E-state index contributed by atoms with van der Waals surface area (Å²) in [6.45, 7) is 4.61. The molecule has 3 atom stereocenters. The van der Waals surface area contributed by atoms with Crippen LogP contribution in [0.25, 0.3) is 0 Å². The minimum atomic E-state index is -0.184. The molecule has 6 fully saturated rings. The van der Waals surface area contributed by atoms with Crippen LogP contribution in [-0.4, -0.2) is 11.6 Å². The van der Waals surface area contributed by atoms with Crippen LogP contribution in [0.4, 0.5) is 0 Å². The molecule has 0 N–H and O–H groups in total. The van der Waals surface area contributed by atoms with Gasteiger partial charge >= 0.3 is 5.97 Å². The van der Waals surface area contributed by atoms with Crippen LogP contribution in [0, 0.1) is 34.5 Å². The Labute approximate surface area is 134 Å². The number of carbonyl (C=O) groups is 1. The average Bonchev–Trinajstić information content (AvgIpc) is 2.89. The molecule has 0 saturated heterocycles. The van der Waals surface area contributed by atoms with E-state index in [1.54, 1.807) is 0 Å². The van der Waals surface area contributed by atoms with Crippen molar-refractivity contribution in [3.8, 4) is 0 Å². The molecule has 0 radical (unpaired) electrons. The number of hydrogen-bond acceptors (Lipinski definition) is 2. The zero-order valence-corrected chi connectivity index (χ0v) is 14.2. The Morgan fingerprint density at radius 3 is 1.91 bits per heavy atom. The number of ether oxygens (including phenoxy) is 1. The Kier molecular flexibility index (Phi) is 2.59. The average molecular weight is 302 g/mol. The predicted octanol–water partition coefficient (Wildman–Crippen LogP) is 4.71. The fraction of sp³-hybridized carbons (Fsp3) is 0.950. The van der Waals surface area contributed by atoms with Gasteiger partial charge in [-0.05, 0) is 94.8 Å². The van der Waals surface area contributed by atoms with Crippen molar-refractivity contribution in [2.45, 2.75) is 83.7 Å². The van der Waals surface area contributed by atoms with E-state index in [9.17, 15) is 4.79 Å². The van der Waals surface area contributed by atoms with Gasteiger partial charge in [0.2, 0.25) is 0 Å². The Bertz CT molecular complexity index is 489. The maximum Gasteiger partial charge on any atom is 0.312 e. The van der Waals surface area contributed by atoms with Crippen LogP contribution in [0.5, 0.6) is 0 Å². The molecule has 6 bridgehead atoms. The highest BCUT2D eigenvalue weighted by atomic mass is 16.6. The second kappa shape index (κ2) is 4.11. The molecule has 0 heterocycles. The van der Waals surface area contributed by atoms with E-state index in [-0.39, 0.29) is 22.4 Å². The molecule has 0 spiro atoms. The second-order valence-electron chi connectivity index (χ2n) is 10.2. The van der Waals surface area contributed by atoms with Crippen molar-refractivity contribution in [2.24, 2.45) is 34.5 Å². The standard InChI is InChI=1S/C20H30O2/c1-18-4-3-13(8-18)9-19(18,2)22-17(21)20-10-14-5-15(11-20)7-16(6-14)12-20/h13-16H,3-12H2,1-2H3/t13-,14?,15?,16?,18+,19+,20?/m0/s1. The van der Waals surface area contributed by atoms with Crippen LogP contribution in [0.1, 0.15) is 78.1 Å². The highest BCUT2D eigenvalue weighted by Crippen LogP contribution is 2.64. The Morgan fingerprint density at radius 1 is 0.864 bits per heavy atom. The molecular weight excluding hydrogens is 272 g/mol. The first-order valence-corrected chi connectivity index (χ1v) is 9.63. The molecule has 22 heavy (non-hydrogen) atoms. The minimum Gasteiger partial charge on any atom is -0.458 e. The monoisotopic (exact) mass is 302 g/mol. The molecule has 6 aliphatic carbocycles. The zero-order chi connectivity index (χ0) is 15.2. The molecule has 2 nitrogen and oxygen atoms in total. The lowest BCUT2D eigenvalue weighted by Crippen LogP contribution is -2.54. The molecule has 6 aliphatic rings. The van der Waals surface area contributed by atoms with E-state index >= 15 is 0 Å². The molecule has 0 aromatic rings. The first kappa shape index (κ1) is 13.9. The first-order valence-electron chi connectivity index (χ1n) is 9.63. The number of carbonyl (C=O) groups excluding carboxylic acids is 1. The highest BCUT2D eigenvalue weighted by Gasteiger charge is 2.62. The van der Waals surface area contributed by atoms with Crippen molar-refractivity contribution in [2.75, 3.05) is 0 Å². The summed E-state index contributed by atoms with van der Waals surface area (Å²) in [5.41, 5.74) is -0.0259. The molecule has 0 aromatic heterocycles. The van der Waals surface area contributed by atoms with Gasteiger partial charge in [-0.15, -0.1) is 0 Å². The topological polar surface area (TPSA) is 26.3 Å². The van der Waals surface area contributed by atoms with Gasteiger partial charge in [0, 0.05) is 5.41 Å². The zero-order valence-electron chi connectivity index (χ0n) is 14.2. The Balaban J connectivity index is 1.39. The third kappa shape index (κ3) is 1.70. The Morgan fingerprint density at radius 2 is 1.45 bits per heavy atom. The van der Waals surface area contributed by atoms with Gasteiger partial charge in [0.15, 0.2) is 0 Å². The quantitative estimate of drug-likeness (QED) is 0.690. The number of hydrogen-bond donors (Lipinski definition) is 0. The summed E-state index contributed by atoms with van der Waals surface area (Å²) < 4.78 is 6.38. The predicted molar refractivity (Wildman–Crippen MR) is 85.2 cm³/mol. The number of rotatable bonds is 2. The second-order valence-corrected chi connectivity index (χ2v) is 10.2. The summed E-state index contributed by atoms with van der Waals surface area (Å²) in [7, 11) is 0. The van der Waals surface area contributed by atoms with E-state index in [1.165, 1.54) is 38.5 Å². The van der Waals surface area contributed by atoms with Gasteiger partial charge < -0.3 is 4.74 Å². The molecule has 2 heteroatoms.